The van der Waals surface area contributed by atoms with Crippen molar-refractivity contribution in [2.24, 2.45) is 0 Å². The standard InChI is InChI=1S/C28H22ClN3O5/c29-22-5-3-20(4-6-22)21-9-11-32-15-25(30-26(32)14-21)27(33)31-24(28(34)35)13-18-1-7-23(8-2-18)37-17-19-10-12-36-16-19/h1-12,14-16,24H,13,17H2,(H,31,33)(H,34,35). The van der Waals surface area contributed by atoms with Crippen molar-refractivity contribution in [3.8, 4) is 16.9 Å². The molecule has 0 bridgehead atoms. The fourth-order valence-electron chi connectivity index (χ4n) is 3.84. The minimum Gasteiger partial charge on any atom is -0.489 e. The van der Waals surface area contributed by atoms with Crippen LogP contribution < -0.4 is 10.1 Å². The number of benzene rings is 2. The van der Waals surface area contributed by atoms with Crippen LogP contribution in [0.4, 0.5) is 0 Å². The number of furan rings is 1. The maximum atomic E-state index is 12.9. The van der Waals surface area contributed by atoms with Crippen molar-refractivity contribution in [3.05, 3.63) is 113 Å². The van der Waals surface area contributed by atoms with Gasteiger partial charge in [-0.3, -0.25) is 4.79 Å². The Hall–Kier alpha value is -4.56. The van der Waals surface area contributed by atoms with Crippen LogP contribution >= 0.6 is 11.6 Å². The van der Waals surface area contributed by atoms with Gasteiger partial charge in [0.05, 0.1) is 12.5 Å². The average Bonchev–Trinajstić information content (AvgIpc) is 3.58. The minimum absolute atomic E-state index is 0.108. The average molecular weight is 516 g/mol. The third-order valence-electron chi connectivity index (χ3n) is 5.82. The smallest absolute Gasteiger partial charge is 0.326 e. The lowest BCUT2D eigenvalue weighted by atomic mass is 10.1. The highest BCUT2D eigenvalue weighted by atomic mass is 35.5. The molecule has 2 N–H and O–H groups in total. The summed E-state index contributed by atoms with van der Waals surface area (Å²) in [4.78, 5) is 29.2. The van der Waals surface area contributed by atoms with E-state index in [2.05, 4.69) is 10.3 Å². The van der Waals surface area contributed by atoms with E-state index >= 15 is 0 Å². The summed E-state index contributed by atoms with van der Waals surface area (Å²) in [5.74, 6) is -1.06. The first-order valence-corrected chi connectivity index (χ1v) is 11.8. The van der Waals surface area contributed by atoms with Crippen molar-refractivity contribution < 1.29 is 23.8 Å². The van der Waals surface area contributed by atoms with Gasteiger partial charge >= 0.3 is 5.97 Å². The molecular weight excluding hydrogens is 494 g/mol. The molecule has 0 aliphatic carbocycles. The molecule has 0 saturated heterocycles. The van der Waals surface area contributed by atoms with Crippen molar-refractivity contribution in [1.29, 1.82) is 0 Å². The summed E-state index contributed by atoms with van der Waals surface area (Å²) in [6.45, 7) is 0.365. The molecular formula is C28H22ClN3O5. The number of carboxylic acids is 1. The number of nitrogens with zero attached hydrogens (tertiary/aromatic N) is 2. The van der Waals surface area contributed by atoms with E-state index in [9.17, 15) is 14.7 Å². The quantitative estimate of drug-likeness (QED) is 0.277. The zero-order valence-electron chi connectivity index (χ0n) is 19.5. The van der Waals surface area contributed by atoms with E-state index in [-0.39, 0.29) is 12.1 Å². The van der Waals surface area contributed by atoms with Crippen LogP contribution in [0, 0.1) is 0 Å². The number of rotatable bonds is 9. The number of aliphatic carboxylic acids is 1. The molecule has 8 nitrogen and oxygen atoms in total. The second-order valence-electron chi connectivity index (χ2n) is 8.45. The van der Waals surface area contributed by atoms with E-state index in [1.165, 1.54) is 0 Å². The summed E-state index contributed by atoms with van der Waals surface area (Å²) in [5.41, 5.74) is 4.22. The van der Waals surface area contributed by atoms with Crippen LogP contribution in [0.1, 0.15) is 21.6 Å². The summed E-state index contributed by atoms with van der Waals surface area (Å²) in [6.07, 6.45) is 6.66. The van der Waals surface area contributed by atoms with Crippen LogP contribution in [0.25, 0.3) is 16.8 Å². The van der Waals surface area contributed by atoms with Crippen molar-refractivity contribution in [2.45, 2.75) is 19.1 Å². The highest BCUT2D eigenvalue weighted by Crippen LogP contribution is 2.23. The van der Waals surface area contributed by atoms with Gasteiger partial charge in [-0.2, -0.15) is 0 Å². The summed E-state index contributed by atoms with van der Waals surface area (Å²) in [5, 5.41) is 12.9. The maximum Gasteiger partial charge on any atom is 0.326 e. The lowest BCUT2D eigenvalue weighted by Crippen LogP contribution is -2.42. The van der Waals surface area contributed by atoms with Gasteiger partial charge < -0.3 is 24.0 Å². The molecule has 0 aliphatic heterocycles. The molecule has 0 radical (unpaired) electrons. The molecule has 1 amide bonds. The van der Waals surface area contributed by atoms with E-state index in [0.717, 1.165) is 22.3 Å². The van der Waals surface area contributed by atoms with Crippen molar-refractivity contribution >= 4 is 29.1 Å². The fourth-order valence-corrected chi connectivity index (χ4v) is 3.97. The number of halogens is 1. The number of hydrogen-bond acceptors (Lipinski definition) is 5. The molecule has 1 atom stereocenters. The molecule has 5 aromatic rings. The predicted molar refractivity (Wildman–Crippen MR) is 138 cm³/mol. The Morgan fingerprint density at radius 3 is 2.51 bits per heavy atom. The van der Waals surface area contributed by atoms with Crippen LogP contribution in [0.2, 0.25) is 5.02 Å². The van der Waals surface area contributed by atoms with Gasteiger partial charge in [-0.25, -0.2) is 9.78 Å². The first-order chi connectivity index (χ1) is 17.9. The Labute approximate surface area is 217 Å². The second-order valence-corrected chi connectivity index (χ2v) is 8.88. The van der Waals surface area contributed by atoms with Gasteiger partial charge in [-0.15, -0.1) is 0 Å². The number of amides is 1. The Balaban J connectivity index is 1.25. The minimum atomic E-state index is -1.14. The highest BCUT2D eigenvalue weighted by Gasteiger charge is 2.23. The van der Waals surface area contributed by atoms with Crippen LogP contribution in [0.3, 0.4) is 0 Å². The number of carbonyl (C=O) groups excluding carboxylic acids is 1. The maximum absolute atomic E-state index is 12.9. The number of carbonyl (C=O) groups is 2. The first-order valence-electron chi connectivity index (χ1n) is 11.5. The highest BCUT2D eigenvalue weighted by molar-refractivity contribution is 6.30. The molecule has 5 rings (SSSR count). The molecule has 0 fully saturated rings. The molecule has 1 unspecified atom stereocenters. The van der Waals surface area contributed by atoms with E-state index in [1.807, 2.05) is 30.3 Å². The van der Waals surface area contributed by atoms with Gasteiger partial charge in [0.2, 0.25) is 0 Å². The first kappa shape index (κ1) is 24.1. The Bertz CT molecular complexity index is 1530. The van der Waals surface area contributed by atoms with E-state index in [1.54, 1.807) is 65.7 Å². The van der Waals surface area contributed by atoms with E-state index in [0.29, 0.717) is 23.0 Å². The Kier molecular flexibility index (Phi) is 6.91. The third kappa shape index (κ3) is 5.82. The van der Waals surface area contributed by atoms with Crippen LogP contribution in [-0.2, 0) is 17.8 Å². The van der Waals surface area contributed by atoms with Crippen LogP contribution in [0.5, 0.6) is 5.75 Å². The number of ether oxygens (including phenoxy) is 1. The summed E-state index contributed by atoms with van der Waals surface area (Å²) in [6, 6.07) is 18.9. The van der Waals surface area contributed by atoms with Crippen LogP contribution in [-0.4, -0.2) is 32.4 Å². The summed E-state index contributed by atoms with van der Waals surface area (Å²) < 4.78 is 12.4. The molecule has 0 spiro atoms. The fraction of sp³-hybridized carbons (Fsp3) is 0.107. The number of hydrogen-bond donors (Lipinski definition) is 2. The van der Waals surface area contributed by atoms with Crippen molar-refractivity contribution in [1.82, 2.24) is 14.7 Å². The zero-order chi connectivity index (χ0) is 25.8. The van der Waals surface area contributed by atoms with Gasteiger partial charge in [0, 0.05) is 29.4 Å². The van der Waals surface area contributed by atoms with E-state index in [4.69, 9.17) is 20.8 Å². The number of pyridine rings is 1. The topological polar surface area (TPSA) is 106 Å². The summed E-state index contributed by atoms with van der Waals surface area (Å²) >= 11 is 5.97. The van der Waals surface area contributed by atoms with Gasteiger partial charge in [-0.1, -0.05) is 35.9 Å². The molecule has 9 heteroatoms. The number of fused-ring (bicyclic) bond motifs is 1. The molecule has 37 heavy (non-hydrogen) atoms. The molecule has 2 aromatic carbocycles. The number of aromatic nitrogens is 2. The lowest BCUT2D eigenvalue weighted by molar-refractivity contribution is -0.139. The number of carboxylic acid groups (broad SMARTS) is 1. The SMILES string of the molecule is O=C(NC(Cc1ccc(OCc2ccoc2)cc1)C(=O)O)c1cn2ccc(-c3ccc(Cl)cc3)cc2n1. The Morgan fingerprint density at radius 2 is 1.81 bits per heavy atom. The molecule has 3 heterocycles. The molecule has 186 valence electrons. The van der Waals surface area contributed by atoms with Gasteiger partial charge in [-0.05, 0) is 59.2 Å². The lowest BCUT2D eigenvalue weighted by Gasteiger charge is -2.14. The van der Waals surface area contributed by atoms with Gasteiger partial charge in [0.25, 0.3) is 5.91 Å². The van der Waals surface area contributed by atoms with Gasteiger partial charge in [0.15, 0.2) is 0 Å². The largest absolute Gasteiger partial charge is 0.489 e. The third-order valence-corrected chi connectivity index (χ3v) is 6.07. The Morgan fingerprint density at radius 1 is 1.03 bits per heavy atom. The van der Waals surface area contributed by atoms with Crippen molar-refractivity contribution in [2.75, 3.05) is 0 Å². The molecule has 3 aromatic heterocycles. The van der Waals surface area contributed by atoms with Gasteiger partial charge in [0.1, 0.15) is 29.7 Å². The molecule has 0 saturated carbocycles. The predicted octanol–water partition coefficient (Wildman–Crippen LogP) is 5.25. The van der Waals surface area contributed by atoms with Crippen LogP contribution in [0.15, 0.2) is 96.1 Å². The summed E-state index contributed by atoms with van der Waals surface area (Å²) in [7, 11) is 0. The number of nitrogens with one attached hydrogen (secondary N) is 1. The monoisotopic (exact) mass is 515 g/mol. The second kappa shape index (κ2) is 10.6. The molecule has 0 aliphatic rings. The number of imidazole rings is 1. The van der Waals surface area contributed by atoms with E-state index < -0.39 is 17.9 Å². The van der Waals surface area contributed by atoms with Crippen molar-refractivity contribution in [3.63, 3.8) is 0 Å². The zero-order valence-corrected chi connectivity index (χ0v) is 20.3. The normalized spacial score (nSPS) is 11.8.